The quantitative estimate of drug-likeness (QED) is 0.754. The molecule has 0 atom stereocenters. The van der Waals surface area contributed by atoms with Crippen LogP contribution >= 0.6 is 8.20 Å². The Balaban J connectivity index is 2.53. The molecule has 0 amide bonds. The second-order valence-corrected chi connectivity index (χ2v) is 8.55. The van der Waals surface area contributed by atoms with E-state index in [-0.39, 0.29) is 10.9 Å². The van der Waals surface area contributed by atoms with E-state index in [1.807, 2.05) is 13.8 Å². The molecular weight excluding hydrogens is 299 g/mol. The molecule has 0 saturated heterocycles. The van der Waals surface area contributed by atoms with Crippen LogP contribution in [0.2, 0.25) is 0 Å². The first kappa shape index (κ1) is 17.9. The summed E-state index contributed by atoms with van der Waals surface area (Å²) in [6.45, 7) is 14.8. The van der Waals surface area contributed by atoms with Crippen molar-refractivity contribution in [2.45, 2.75) is 53.9 Å². The molecule has 0 aliphatic rings. The zero-order chi connectivity index (χ0) is 17.4. The fourth-order valence-electron chi connectivity index (χ4n) is 2.74. The number of hydrogen-bond donors (Lipinski definition) is 0. The molecule has 0 spiro atoms. The van der Waals surface area contributed by atoms with Crippen molar-refractivity contribution < 1.29 is 5.11 Å². The molecule has 0 N–H and O–H groups in total. The highest BCUT2D eigenvalue weighted by atomic mass is 31.1. The first-order valence-corrected chi connectivity index (χ1v) is 8.94. The van der Waals surface area contributed by atoms with Crippen molar-refractivity contribution in [2.75, 3.05) is 0 Å². The number of benzene rings is 2. The number of hydrogen-bond acceptors (Lipinski definition) is 1. The van der Waals surface area contributed by atoms with Gasteiger partial charge < -0.3 is 5.11 Å². The van der Waals surface area contributed by atoms with Gasteiger partial charge in [0.05, 0.1) is 0 Å². The van der Waals surface area contributed by atoms with Gasteiger partial charge in [0.25, 0.3) is 0 Å². The molecule has 2 rings (SSSR count). The molecule has 2 aromatic carbocycles. The van der Waals surface area contributed by atoms with Crippen molar-refractivity contribution in [3.8, 4) is 0 Å². The molecule has 0 saturated carbocycles. The average Bonchev–Trinajstić information content (AvgIpc) is 2.41. The third kappa shape index (κ3) is 4.10. The van der Waals surface area contributed by atoms with Crippen molar-refractivity contribution in [3.63, 3.8) is 0 Å². The molecule has 2 aromatic rings. The molecule has 2 heteroatoms. The van der Waals surface area contributed by atoms with E-state index in [9.17, 15) is 5.11 Å². The Morgan fingerprint density at radius 1 is 0.870 bits per heavy atom. The summed E-state index contributed by atoms with van der Waals surface area (Å²) in [5.41, 5.74) is 6.98. The van der Waals surface area contributed by atoms with Crippen molar-refractivity contribution >= 4 is 19.0 Å². The molecule has 0 radical (unpaired) electrons. The molecule has 1 nitrogen and oxygen atoms in total. The number of rotatable bonds is 2. The molecular formula is C21H26OP-. The van der Waals surface area contributed by atoms with Gasteiger partial charge in [-0.2, -0.15) is 0 Å². The fraction of sp³-hybridized carbons (Fsp3) is 0.381. The van der Waals surface area contributed by atoms with Crippen LogP contribution in [0.5, 0.6) is 0 Å². The molecule has 0 aliphatic heterocycles. The van der Waals surface area contributed by atoms with E-state index >= 15 is 0 Å². The standard InChI is InChI=1S/C21H27OP/c1-13-8-9-14(2)18(10-13)23-20(22)19-15(3)11-17(12-16(19)4)21(5,6)7/h8-12,22H,1-7H3/p-1. The molecule has 0 fully saturated rings. The lowest BCUT2D eigenvalue weighted by Gasteiger charge is -2.25. The highest BCUT2D eigenvalue weighted by molar-refractivity contribution is 7.49. The Morgan fingerprint density at radius 2 is 1.43 bits per heavy atom. The first-order valence-electron chi connectivity index (χ1n) is 8.04. The van der Waals surface area contributed by atoms with Crippen LogP contribution in [0.25, 0.3) is 0 Å². The van der Waals surface area contributed by atoms with E-state index in [2.05, 4.69) is 65.0 Å². The molecule has 23 heavy (non-hydrogen) atoms. The van der Waals surface area contributed by atoms with Crippen molar-refractivity contribution in [1.82, 2.24) is 0 Å². The molecule has 0 bridgehead atoms. The summed E-state index contributed by atoms with van der Waals surface area (Å²) in [7, 11) is 0.764. The smallest absolute Gasteiger partial charge is 0.00400 e. The van der Waals surface area contributed by atoms with E-state index in [1.165, 1.54) is 16.7 Å². The maximum Gasteiger partial charge on any atom is 0.00400 e. The van der Waals surface area contributed by atoms with Gasteiger partial charge in [0, 0.05) is 5.30 Å². The Hall–Kier alpha value is -1.43. The minimum absolute atomic E-state index is 0.0991. The van der Waals surface area contributed by atoms with E-state index in [0.717, 1.165) is 30.2 Å². The normalized spacial score (nSPS) is 12.6. The maximum absolute atomic E-state index is 12.9. The van der Waals surface area contributed by atoms with Gasteiger partial charge >= 0.3 is 0 Å². The van der Waals surface area contributed by atoms with Crippen LogP contribution in [0.15, 0.2) is 30.3 Å². The Labute approximate surface area is 142 Å². The van der Waals surface area contributed by atoms with Gasteiger partial charge in [-0.3, -0.25) is 0 Å². The Bertz CT molecular complexity index is 741. The predicted octanol–water partition coefficient (Wildman–Crippen LogP) is 4.33. The van der Waals surface area contributed by atoms with E-state index in [1.54, 1.807) is 0 Å². The highest BCUT2D eigenvalue weighted by Crippen LogP contribution is 2.27. The lowest BCUT2D eigenvalue weighted by atomic mass is 9.84. The minimum atomic E-state index is 0.0991. The lowest BCUT2D eigenvalue weighted by Crippen LogP contribution is -2.22. The second-order valence-electron chi connectivity index (χ2n) is 7.44. The topological polar surface area (TPSA) is 23.1 Å². The van der Waals surface area contributed by atoms with Crippen LogP contribution in [0.4, 0.5) is 0 Å². The minimum Gasteiger partial charge on any atom is -0.823 e. The van der Waals surface area contributed by atoms with Gasteiger partial charge in [-0.25, -0.2) is 0 Å². The summed E-state index contributed by atoms with van der Waals surface area (Å²) in [5.74, 6) is 0. The van der Waals surface area contributed by atoms with Crippen molar-refractivity contribution in [2.24, 2.45) is 0 Å². The molecule has 122 valence electrons. The Kier molecular flexibility index (Phi) is 5.14. The summed E-state index contributed by atoms with van der Waals surface area (Å²) in [6, 6.07) is 10.6. The van der Waals surface area contributed by atoms with E-state index < -0.39 is 0 Å². The van der Waals surface area contributed by atoms with Crippen molar-refractivity contribution in [3.05, 3.63) is 63.7 Å². The van der Waals surface area contributed by atoms with Gasteiger partial charge in [0.2, 0.25) is 0 Å². The van der Waals surface area contributed by atoms with Gasteiger partial charge in [-0.1, -0.05) is 58.8 Å². The summed E-state index contributed by atoms with van der Waals surface area (Å²) in [6.07, 6.45) is 0. The van der Waals surface area contributed by atoms with Gasteiger partial charge in [0.15, 0.2) is 0 Å². The number of aryl methyl sites for hydroxylation is 4. The van der Waals surface area contributed by atoms with Crippen molar-refractivity contribution in [1.29, 1.82) is 0 Å². The average molecular weight is 325 g/mol. The van der Waals surface area contributed by atoms with Gasteiger partial charge in [-0.15, -0.1) is 5.48 Å². The maximum atomic E-state index is 12.9. The largest absolute Gasteiger partial charge is 0.823 e. The van der Waals surface area contributed by atoms with Gasteiger partial charge in [0.1, 0.15) is 0 Å². The van der Waals surface area contributed by atoms with Crippen LogP contribution < -0.4 is 10.4 Å². The predicted molar refractivity (Wildman–Crippen MR) is 101 cm³/mol. The van der Waals surface area contributed by atoms with Crippen LogP contribution in [0.1, 0.15) is 54.2 Å². The summed E-state index contributed by atoms with van der Waals surface area (Å²) in [5, 5.41) is 14.0. The molecule has 0 heterocycles. The van der Waals surface area contributed by atoms with Gasteiger partial charge in [-0.05, 0) is 67.0 Å². The van der Waals surface area contributed by atoms with E-state index in [4.69, 9.17) is 0 Å². The summed E-state index contributed by atoms with van der Waals surface area (Å²) in [4.78, 5) is 0. The molecule has 0 unspecified atom stereocenters. The van der Waals surface area contributed by atoms with Crippen LogP contribution in [0.3, 0.4) is 0 Å². The third-order valence-corrected chi connectivity index (χ3v) is 5.35. The zero-order valence-electron chi connectivity index (χ0n) is 15.2. The van der Waals surface area contributed by atoms with Crippen LogP contribution in [-0.4, -0.2) is 5.48 Å². The Morgan fingerprint density at radius 3 is 1.96 bits per heavy atom. The molecule has 0 aliphatic carbocycles. The van der Waals surface area contributed by atoms with Crippen LogP contribution in [0, 0.1) is 27.7 Å². The van der Waals surface area contributed by atoms with E-state index in [0.29, 0.717) is 0 Å². The zero-order valence-corrected chi connectivity index (χ0v) is 16.1. The SMILES string of the molecule is Cc1ccc(C)c(P=C([O-])c2c(C)cc(C(C)(C)C)cc2C)c1. The first-order chi connectivity index (χ1) is 10.6. The molecule has 0 aromatic heterocycles. The fourth-order valence-corrected chi connectivity index (χ4v) is 3.94. The highest BCUT2D eigenvalue weighted by Gasteiger charge is 2.16. The monoisotopic (exact) mass is 325 g/mol. The summed E-state index contributed by atoms with van der Waals surface area (Å²) < 4.78 is 0. The summed E-state index contributed by atoms with van der Waals surface area (Å²) >= 11 is 0. The second kappa shape index (κ2) is 6.59. The lowest BCUT2D eigenvalue weighted by molar-refractivity contribution is -0.207. The van der Waals surface area contributed by atoms with Crippen LogP contribution in [-0.2, 0) is 5.41 Å². The third-order valence-electron chi connectivity index (χ3n) is 4.20.